The average Bonchev–Trinajstić information content (AvgIpc) is 2.76. The second-order valence-electron chi connectivity index (χ2n) is 4.36. The summed E-state index contributed by atoms with van der Waals surface area (Å²) in [6.07, 6.45) is 6.01. The summed E-state index contributed by atoms with van der Waals surface area (Å²) in [4.78, 5) is 5.48. The molecule has 17 heavy (non-hydrogen) atoms. The molecule has 2 aromatic rings. The van der Waals surface area contributed by atoms with Gasteiger partial charge >= 0.3 is 0 Å². The molecule has 0 aliphatic carbocycles. The molecule has 6 heteroatoms. The standard InChI is InChI=1S/C11H17N3OS2/c1-11(15,8-16-2)7-12-5-9-6-14-3-4-17-10(14)13-9/h3-4,6,12,15H,5,7-8H2,1-2H3. The van der Waals surface area contributed by atoms with Gasteiger partial charge in [-0.15, -0.1) is 11.3 Å². The summed E-state index contributed by atoms with van der Waals surface area (Å²) >= 11 is 3.28. The van der Waals surface area contributed by atoms with Crippen LogP contribution in [0.5, 0.6) is 0 Å². The normalized spacial score (nSPS) is 15.2. The molecule has 2 rings (SSSR count). The van der Waals surface area contributed by atoms with E-state index in [1.807, 2.05) is 35.4 Å². The third-order valence-electron chi connectivity index (χ3n) is 2.41. The quantitative estimate of drug-likeness (QED) is 0.838. The molecule has 94 valence electrons. The van der Waals surface area contributed by atoms with Gasteiger partial charge in [0.1, 0.15) is 0 Å². The molecule has 0 amide bonds. The maximum Gasteiger partial charge on any atom is 0.193 e. The lowest BCUT2D eigenvalue weighted by atomic mass is 10.1. The molecule has 0 aromatic carbocycles. The highest BCUT2D eigenvalue weighted by atomic mass is 32.2. The first-order chi connectivity index (χ1) is 8.11. The molecule has 0 fully saturated rings. The Balaban J connectivity index is 1.84. The van der Waals surface area contributed by atoms with Crippen LogP contribution in [0.1, 0.15) is 12.6 Å². The van der Waals surface area contributed by atoms with Crippen molar-refractivity contribution >= 4 is 28.1 Å². The number of rotatable bonds is 6. The average molecular weight is 271 g/mol. The van der Waals surface area contributed by atoms with Crippen molar-refractivity contribution in [3.05, 3.63) is 23.5 Å². The van der Waals surface area contributed by atoms with Gasteiger partial charge in [-0.1, -0.05) is 0 Å². The van der Waals surface area contributed by atoms with Crippen molar-refractivity contribution in [1.29, 1.82) is 0 Å². The van der Waals surface area contributed by atoms with Crippen molar-refractivity contribution in [3.8, 4) is 0 Å². The van der Waals surface area contributed by atoms with E-state index in [-0.39, 0.29) is 0 Å². The van der Waals surface area contributed by atoms with Crippen molar-refractivity contribution in [2.45, 2.75) is 19.1 Å². The summed E-state index contributed by atoms with van der Waals surface area (Å²) in [5.74, 6) is 0.734. The van der Waals surface area contributed by atoms with Crippen molar-refractivity contribution in [2.75, 3.05) is 18.6 Å². The number of hydrogen-bond donors (Lipinski definition) is 2. The van der Waals surface area contributed by atoms with Crippen LogP contribution in [0.3, 0.4) is 0 Å². The molecule has 2 heterocycles. The first kappa shape index (κ1) is 12.9. The van der Waals surface area contributed by atoms with Crippen LogP contribution < -0.4 is 5.32 Å². The highest BCUT2D eigenvalue weighted by Gasteiger charge is 2.18. The Morgan fingerprint density at radius 2 is 2.47 bits per heavy atom. The first-order valence-electron chi connectivity index (χ1n) is 5.44. The number of fused-ring (bicyclic) bond motifs is 1. The Bertz CT molecular complexity index is 449. The second kappa shape index (κ2) is 5.39. The molecule has 2 N–H and O–H groups in total. The number of imidazole rings is 1. The summed E-state index contributed by atoms with van der Waals surface area (Å²) in [6, 6.07) is 0. The van der Waals surface area contributed by atoms with Crippen LogP contribution in [-0.4, -0.2) is 38.6 Å². The van der Waals surface area contributed by atoms with E-state index >= 15 is 0 Å². The Labute approximate surface area is 109 Å². The maximum atomic E-state index is 9.99. The van der Waals surface area contributed by atoms with E-state index < -0.39 is 5.60 Å². The summed E-state index contributed by atoms with van der Waals surface area (Å²) in [7, 11) is 0. The van der Waals surface area contributed by atoms with Gasteiger partial charge in [0.2, 0.25) is 0 Å². The van der Waals surface area contributed by atoms with E-state index in [2.05, 4.69) is 10.3 Å². The molecular formula is C11H17N3OS2. The van der Waals surface area contributed by atoms with E-state index in [0.29, 0.717) is 13.1 Å². The largest absolute Gasteiger partial charge is 0.388 e. The Hall–Kier alpha value is -0.560. The summed E-state index contributed by atoms with van der Waals surface area (Å²) in [5, 5.41) is 15.2. The monoisotopic (exact) mass is 271 g/mol. The minimum absolute atomic E-state index is 0.582. The van der Waals surface area contributed by atoms with Crippen molar-refractivity contribution in [2.24, 2.45) is 0 Å². The zero-order valence-electron chi connectivity index (χ0n) is 10.0. The predicted octanol–water partition coefficient (Wildman–Crippen LogP) is 1.60. The highest BCUT2D eigenvalue weighted by molar-refractivity contribution is 7.98. The van der Waals surface area contributed by atoms with E-state index in [4.69, 9.17) is 0 Å². The Kier molecular flexibility index (Phi) is 4.09. The van der Waals surface area contributed by atoms with E-state index in [1.54, 1.807) is 23.1 Å². The van der Waals surface area contributed by atoms with Crippen LogP contribution in [0.4, 0.5) is 0 Å². The third-order valence-corrected chi connectivity index (χ3v) is 4.09. The lowest BCUT2D eigenvalue weighted by Crippen LogP contribution is -2.39. The molecule has 0 aliphatic rings. The number of aliphatic hydroxyl groups is 1. The third kappa shape index (κ3) is 3.45. The highest BCUT2D eigenvalue weighted by Crippen LogP contribution is 2.12. The molecule has 4 nitrogen and oxygen atoms in total. The Morgan fingerprint density at radius 1 is 1.65 bits per heavy atom. The zero-order valence-corrected chi connectivity index (χ0v) is 11.6. The van der Waals surface area contributed by atoms with Crippen molar-refractivity contribution in [3.63, 3.8) is 0 Å². The molecule has 0 radical (unpaired) electrons. The lowest BCUT2D eigenvalue weighted by molar-refractivity contribution is 0.0845. The van der Waals surface area contributed by atoms with Crippen LogP contribution in [0, 0.1) is 0 Å². The molecule has 1 unspecified atom stereocenters. The van der Waals surface area contributed by atoms with Crippen LogP contribution in [0.15, 0.2) is 17.8 Å². The van der Waals surface area contributed by atoms with E-state index in [9.17, 15) is 5.11 Å². The second-order valence-corrected chi connectivity index (χ2v) is 6.10. The van der Waals surface area contributed by atoms with Crippen LogP contribution in [0.25, 0.3) is 4.96 Å². The van der Waals surface area contributed by atoms with Gasteiger partial charge in [-0.2, -0.15) is 11.8 Å². The van der Waals surface area contributed by atoms with E-state index in [1.165, 1.54) is 0 Å². The molecule has 0 saturated heterocycles. The number of thioether (sulfide) groups is 1. The molecule has 1 atom stereocenters. The van der Waals surface area contributed by atoms with Gasteiger partial charge in [0.25, 0.3) is 0 Å². The van der Waals surface area contributed by atoms with Gasteiger partial charge in [0, 0.05) is 36.6 Å². The molecule has 0 saturated carbocycles. The van der Waals surface area contributed by atoms with Crippen LogP contribution in [0.2, 0.25) is 0 Å². The zero-order chi connectivity index (χ0) is 12.3. The smallest absolute Gasteiger partial charge is 0.193 e. The molecule has 2 aromatic heterocycles. The first-order valence-corrected chi connectivity index (χ1v) is 7.71. The topological polar surface area (TPSA) is 49.6 Å². The minimum atomic E-state index is -0.656. The fourth-order valence-corrected chi connectivity index (χ4v) is 3.13. The molecule has 0 spiro atoms. The van der Waals surface area contributed by atoms with Crippen LogP contribution in [-0.2, 0) is 6.54 Å². The van der Waals surface area contributed by atoms with Gasteiger partial charge < -0.3 is 10.4 Å². The van der Waals surface area contributed by atoms with Gasteiger partial charge in [-0.05, 0) is 13.2 Å². The number of hydrogen-bond acceptors (Lipinski definition) is 5. The SMILES string of the molecule is CSCC(C)(O)CNCc1cn2ccsc2n1. The van der Waals surface area contributed by atoms with Crippen molar-refractivity contribution in [1.82, 2.24) is 14.7 Å². The maximum absolute atomic E-state index is 9.99. The van der Waals surface area contributed by atoms with Crippen molar-refractivity contribution < 1.29 is 5.11 Å². The Morgan fingerprint density at radius 3 is 3.18 bits per heavy atom. The molecular weight excluding hydrogens is 254 g/mol. The predicted molar refractivity (Wildman–Crippen MR) is 73.8 cm³/mol. The number of aromatic nitrogens is 2. The summed E-state index contributed by atoms with van der Waals surface area (Å²) in [5.41, 5.74) is 0.355. The molecule has 0 bridgehead atoms. The molecule has 0 aliphatic heterocycles. The number of nitrogens with zero attached hydrogens (tertiary/aromatic N) is 2. The van der Waals surface area contributed by atoms with Gasteiger partial charge in [-0.3, -0.25) is 4.40 Å². The lowest BCUT2D eigenvalue weighted by Gasteiger charge is -2.22. The number of nitrogens with one attached hydrogen (secondary N) is 1. The summed E-state index contributed by atoms with van der Waals surface area (Å²) in [6.45, 7) is 3.13. The van der Waals surface area contributed by atoms with Gasteiger partial charge in [0.05, 0.1) is 11.3 Å². The minimum Gasteiger partial charge on any atom is -0.388 e. The fourth-order valence-electron chi connectivity index (χ4n) is 1.68. The van der Waals surface area contributed by atoms with Gasteiger partial charge in [-0.25, -0.2) is 4.98 Å². The number of thiazole rings is 1. The van der Waals surface area contributed by atoms with Gasteiger partial charge in [0.15, 0.2) is 4.96 Å². The van der Waals surface area contributed by atoms with E-state index in [0.717, 1.165) is 16.4 Å². The summed E-state index contributed by atoms with van der Waals surface area (Å²) < 4.78 is 2.02. The van der Waals surface area contributed by atoms with Crippen LogP contribution >= 0.6 is 23.1 Å². The fraction of sp³-hybridized carbons (Fsp3) is 0.545.